The van der Waals surface area contributed by atoms with Crippen molar-refractivity contribution in [3.05, 3.63) is 59.2 Å². The van der Waals surface area contributed by atoms with Gasteiger partial charge in [-0.15, -0.1) is 0 Å². The molecule has 0 aliphatic rings. The Bertz CT molecular complexity index is 1080. The number of hydrogen-bond donors (Lipinski definition) is 2. The molecule has 0 bridgehead atoms. The fourth-order valence-electron chi connectivity index (χ4n) is 3.68. The van der Waals surface area contributed by atoms with Gasteiger partial charge in [0.15, 0.2) is 11.5 Å². The Hall–Kier alpha value is -2.75. The summed E-state index contributed by atoms with van der Waals surface area (Å²) in [5.74, 6) is 0.614. The van der Waals surface area contributed by atoms with Crippen molar-refractivity contribution in [2.45, 2.75) is 59.9 Å². The van der Waals surface area contributed by atoms with Gasteiger partial charge in [-0.3, -0.25) is 14.4 Å². The SMILES string of the molecule is COc1cc(CN(OCC(COC(=O)C(C)(C)C)Cc2ccc(C(C)(C)C)cc2)C(=O)S)ccc1OCCN. The van der Waals surface area contributed by atoms with E-state index >= 15 is 0 Å². The number of ether oxygens (including phenoxy) is 3. The molecule has 1 amide bonds. The standard InChI is InChI=1S/C30H44N2O6S/c1-29(2,3)24-11-8-21(9-12-24)16-23(19-37-27(33)30(4,5)6)20-38-32(28(34)39)18-22-10-13-25(36-15-14-31)26(17-22)35-7/h8-13,17,23H,14-16,18-20,31H2,1-7H3,(H,34,39). The maximum absolute atomic E-state index is 12.4. The van der Waals surface area contributed by atoms with Crippen LogP contribution in [0.4, 0.5) is 4.79 Å². The number of nitrogens with zero attached hydrogens (tertiary/aromatic N) is 1. The number of carbonyl (C=O) groups excluding carboxylic acids is 2. The predicted octanol–water partition coefficient (Wildman–Crippen LogP) is 5.56. The summed E-state index contributed by atoms with van der Waals surface area (Å²) in [5, 5.41) is 0.636. The Labute approximate surface area is 238 Å². The maximum Gasteiger partial charge on any atom is 0.311 e. The molecule has 2 aromatic carbocycles. The van der Waals surface area contributed by atoms with E-state index < -0.39 is 10.7 Å². The first-order valence-corrected chi connectivity index (χ1v) is 13.6. The van der Waals surface area contributed by atoms with Crippen molar-refractivity contribution in [1.29, 1.82) is 0 Å². The number of rotatable bonds is 13. The summed E-state index contributed by atoms with van der Waals surface area (Å²) in [6.07, 6.45) is 0.609. The van der Waals surface area contributed by atoms with Crippen LogP contribution in [-0.2, 0) is 32.7 Å². The lowest BCUT2D eigenvalue weighted by Gasteiger charge is -2.25. The monoisotopic (exact) mass is 560 g/mol. The number of amides is 1. The molecule has 1 atom stereocenters. The van der Waals surface area contributed by atoms with E-state index in [0.717, 1.165) is 11.1 Å². The van der Waals surface area contributed by atoms with Gasteiger partial charge in [0.1, 0.15) is 6.61 Å². The molecular weight excluding hydrogens is 516 g/mol. The molecule has 0 aliphatic carbocycles. The van der Waals surface area contributed by atoms with Gasteiger partial charge in [-0.1, -0.05) is 63.7 Å². The second kappa shape index (κ2) is 14.6. The molecule has 0 saturated carbocycles. The smallest absolute Gasteiger partial charge is 0.311 e. The minimum absolute atomic E-state index is 0.0497. The Balaban J connectivity index is 2.15. The van der Waals surface area contributed by atoms with Crippen molar-refractivity contribution in [1.82, 2.24) is 5.06 Å². The van der Waals surface area contributed by atoms with Crippen LogP contribution in [0.1, 0.15) is 58.2 Å². The van der Waals surface area contributed by atoms with Crippen molar-refractivity contribution in [3.8, 4) is 11.5 Å². The Morgan fingerprint density at radius 2 is 1.59 bits per heavy atom. The zero-order valence-electron chi connectivity index (χ0n) is 24.3. The largest absolute Gasteiger partial charge is 0.493 e. The highest BCUT2D eigenvalue weighted by Crippen LogP contribution is 2.29. The summed E-state index contributed by atoms with van der Waals surface area (Å²) in [6.45, 7) is 13.2. The van der Waals surface area contributed by atoms with Gasteiger partial charge < -0.3 is 19.9 Å². The van der Waals surface area contributed by atoms with Crippen LogP contribution >= 0.6 is 12.6 Å². The lowest BCUT2D eigenvalue weighted by Crippen LogP contribution is -2.32. The van der Waals surface area contributed by atoms with Gasteiger partial charge in [0, 0.05) is 12.5 Å². The molecule has 39 heavy (non-hydrogen) atoms. The van der Waals surface area contributed by atoms with E-state index in [9.17, 15) is 9.59 Å². The van der Waals surface area contributed by atoms with Crippen molar-refractivity contribution in [2.75, 3.05) is 33.5 Å². The van der Waals surface area contributed by atoms with E-state index in [4.69, 9.17) is 24.8 Å². The van der Waals surface area contributed by atoms with Gasteiger partial charge in [0.25, 0.3) is 0 Å². The quantitative estimate of drug-likeness (QED) is 0.188. The highest BCUT2D eigenvalue weighted by molar-refractivity contribution is 7.96. The molecule has 0 heterocycles. The minimum atomic E-state index is -0.619. The van der Waals surface area contributed by atoms with E-state index in [1.807, 2.05) is 26.8 Å². The molecule has 1 unspecified atom stereocenters. The Morgan fingerprint density at radius 3 is 2.13 bits per heavy atom. The van der Waals surface area contributed by atoms with Crippen molar-refractivity contribution in [2.24, 2.45) is 17.1 Å². The normalized spacial score (nSPS) is 12.5. The van der Waals surface area contributed by atoms with Gasteiger partial charge in [0.05, 0.1) is 32.3 Å². The molecule has 0 radical (unpaired) electrons. The minimum Gasteiger partial charge on any atom is -0.493 e. The topological polar surface area (TPSA) is 100 Å². The molecule has 2 rings (SSSR count). The van der Waals surface area contributed by atoms with Crippen molar-refractivity contribution < 1.29 is 28.6 Å². The number of carbonyl (C=O) groups is 2. The van der Waals surface area contributed by atoms with Crippen LogP contribution in [0.25, 0.3) is 0 Å². The molecule has 0 fully saturated rings. The zero-order valence-corrected chi connectivity index (χ0v) is 25.2. The Kier molecular flexibility index (Phi) is 12.1. The zero-order chi connectivity index (χ0) is 29.2. The Morgan fingerprint density at radius 1 is 0.949 bits per heavy atom. The average Bonchev–Trinajstić information content (AvgIpc) is 2.87. The molecular formula is C30H44N2O6S. The van der Waals surface area contributed by atoms with Crippen LogP contribution in [0.2, 0.25) is 0 Å². The molecule has 0 aromatic heterocycles. The number of esters is 1. The summed E-state index contributed by atoms with van der Waals surface area (Å²) in [6, 6.07) is 13.8. The lowest BCUT2D eigenvalue weighted by atomic mass is 9.86. The molecule has 0 aliphatic heterocycles. The first kappa shape index (κ1) is 32.5. The third-order valence-electron chi connectivity index (χ3n) is 6.02. The third-order valence-corrected chi connectivity index (χ3v) is 6.24. The lowest BCUT2D eigenvalue weighted by molar-refractivity contribution is -0.160. The highest BCUT2D eigenvalue weighted by atomic mass is 32.1. The van der Waals surface area contributed by atoms with Crippen LogP contribution in [0.3, 0.4) is 0 Å². The maximum atomic E-state index is 12.4. The first-order valence-electron chi connectivity index (χ1n) is 13.1. The number of hydroxylamine groups is 2. The van der Waals surface area contributed by atoms with Crippen LogP contribution in [-0.4, -0.2) is 49.7 Å². The van der Waals surface area contributed by atoms with Gasteiger partial charge in [-0.25, -0.2) is 5.06 Å². The molecule has 0 saturated heterocycles. The summed E-state index contributed by atoms with van der Waals surface area (Å²) >= 11 is 4.01. The number of methoxy groups -OCH3 is 1. The van der Waals surface area contributed by atoms with Crippen molar-refractivity contribution >= 4 is 23.8 Å². The molecule has 2 aromatic rings. The molecule has 0 spiro atoms. The van der Waals surface area contributed by atoms with Gasteiger partial charge in [0.2, 0.25) is 0 Å². The third kappa shape index (κ3) is 10.7. The van der Waals surface area contributed by atoms with Gasteiger partial charge in [-0.2, -0.15) is 0 Å². The van der Waals surface area contributed by atoms with Crippen LogP contribution in [0.15, 0.2) is 42.5 Å². The highest BCUT2D eigenvalue weighted by Gasteiger charge is 2.25. The fraction of sp³-hybridized carbons (Fsp3) is 0.533. The van der Waals surface area contributed by atoms with E-state index in [2.05, 4.69) is 57.7 Å². The number of benzene rings is 2. The summed E-state index contributed by atoms with van der Waals surface area (Å²) in [4.78, 5) is 30.7. The summed E-state index contributed by atoms with van der Waals surface area (Å²) in [5.41, 5.74) is 8.04. The van der Waals surface area contributed by atoms with E-state index in [1.165, 1.54) is 10.6 Å². The summed E-state index contributed by atoms with van der Waals surface area (Å²) in [7, 11) is 1.55. The van der Waals surface area contributed by atoms with Gasteiger partial charge in [-0.05, 0) is 61.4 Å². The first-order chi connectivity index (χ1) is 18.2. The number of thiol groups is 1. The van der Waals surface area contributed by atoms with Gasteiger partial charge >= 0.3 is 11.2 Å². The average molecular weight is 561 g/mol. The second-order valence-electron chi connectivity index (χ2n) is 11.6. The van der Waals surface area contributed by atoms with Crippen LogP contribution < -0.4 is 15.2 Å². The second-order valence-corrected chi connectivity index (χ2v) is 12.0. The fourth-order valence-corrected chi connectivity index (χ4v) is 3.81. The molecule has 8 nitrogen and oxygen atoms in total. The number of hydrogen-bond acceptors (Lipinski definition) is 7. The summed E-state index contributed by atoms with van der Waals surface area (Å²) < 4.78 is 16.6. The number of nitrogens with two attached hydrogens (primary N) is 1. The van der Waals surface area contributed by atoms with Crippen LogP contribution in [0, 0.1) is 11.3 Å². The van der Waals surface area contributed by atoms with Crippen LogP contribution in [0.5, 0.6) is 11.5 Å². The van der Waals surface area contributed by atoms with E-state index in [1.54, 1.807) is 19.2 Å². The van der Waals surface area contributed by atoms with Crippen molar-refractivity contribution in [3.63, 3.8) is 0 Å². The molecule has 216 valence electrons. The van der Waals surface area contributed by atoms with E-state index in [0.29, 0.717) is 31.1 Å². The molecule has 2 N–H and O–H groups in total. The van der Waals surface area contributed by atoms with E-state index in [-0.39, 0.29) is 37.1 Å². The molecule has 9 heteroatoms. The predicted molar refractivity (Wildman–Crippen MR) is 156 cm³/mol.